The van der Waals surface area contributed by atoms with Crippen molar-refractivity contribution in [2.45, 2.75) is 44.4 Å². The highest BCUT2D eigenvalue weighted by molar-refractivity contribution is 5.76. The second kappa shape index (κ2) is 7.88. The van der Waals surface area contributed by atoms with Gasteiger partial charge in [0.1, 0.15) is 0 Å². The summed E-state index contributed by atoms with van der Waals surface area (Å²) in [5.41, 5.74) is 2.19. The number of allylic oxidation sites excluding steroid dienone is 6. The molecule has 4 unspecified atom stereocenters. The quantitative estimate of drug-likeness (QED) is 0.746. The fourth-order valence-electron chi connectivity index (χ4n) is 4.38. The molecule has 1 aromatic carbocycles. The van der Waals surface area contributed by atoms with E-state index in [0.717, 1.165) is 31.1 Å². The lowest BCUT2D eigenvalue weighted by molar-refractivity contribution is -0.137. The summed E-state index contributed by atoms with van der Waals surface area (Å²) in [6, 6.07) is 6.76. The largest absolute Gasteiger partial charge is 0.416 e. The van der Waals surface area contributed by atoms with Crippen molar-refractivity contribution in [3.8, 4) is 0 Å². The third kappa shape index (κ3) is 4.41. The Balaban J connectivity index is 1.44. The molecule has 1 aliphatic heterocycles. The van der Waals surface area contributed by atoms with Crippen LogP contribution in [0.25, 0.3) is 5.57 Å². The van der Waals surface area contributed by atoms with Crippen LogP contribution in [0.3, 0.4) is 0 Å². The number of hydrogen-bond donors (Lipinski definition) is 2. The van der Waals surface area contributed by atoms with Gasteiger partial charge in [-0.3, -0.25) is 0 Å². The van der Waals surface area contributed by atoms with Crippen LogP contribution >= 0.6 is 0 Å². The molecule has 0 amide bonds. The lowest BCUT2D eigenvalue weighted by atomic mass is 9.93. The minimum Gasteiger partial charge on any atom is -0.315 e. The van der Waals surface area contributed by atoms with E-state index < -0.39 is 11.7 Å². The SMILES string of the molecule is CC(C1=CC=C(c2cccc(C(F)(F)F)c2)C=CC1)C1CC1NC1CCNC1. The van der Waals surface area contributed by atoms with Gasteiger partial charge in [0.15, 0.2) is 0 Å². The van der Waals surface area contributed by atoms with Crippen LogP contribution in [0.15, 0.2) is 54.1 Å². The Kier molecular flexibility index (Phi) is 5.48. The molecule has 0 spiro atoms. The third-order valence-electron chi connectivity index (χ3n) is 6.23. The molecular formula is C23H27F3N2. The van der Waals surface area contributed by atoms with Crippen LogP contribution in [0.2, 0.25) is 0 Å². The van der Waals surface area contributed by atoms with E-state index >= 15 is 0 Å². The summed E-state index contributed by atoms with van der Waals surface area (Å²) in [7, 11) is 0. The zero-order valence-electron chi connectivity index (χ0n) is 16.1. The molecule has 150 valence electrons. The van der Waals surface area contributed by atoms with E-state index in [1.807, 2.05) is 12.2 Å². The van der Waals surface area contributed by atoms with E-state index in [4.69, 9.17) is 0 Å². The Morgan fingerprint density at radius 1 is 1.21 bits per heavy atom. The van der Waals surface area contributed by atoms with E-state index in [2.05, 4.69) is 29.7 Å². The predicted octanol–water partition coefficient (Wildman–Crippen LogP) is 4.95. The van der Waals surface area contributed by atoms with Crippen molar-refractivity contribution >= 4 is 5.57 Å². The summed E-state index contributed by atoms with van der Waals surface area (Å²) >= 11 is 0. The second-order valence-corrected chi connectivity index (χ2v) is 8.20. The smallest absolute Gasteiger partial charge is 0.315 e. The minimum atomic E-state index is -4.32. The Hall–Kier alpha value is -1.85. The van der Waals surface area contributed by atoms with Gasteiger partial charge in [0.05, 0.1) is 5.56 Å². The van der Waals surface area contributed by atoms with Gasteiger partial charge in [-0.2, -0.15) is 13.2 Å². The predicted molar refractivity (Wildman–Crippen MR) is 107 cm³/mol. The van der Waals surface area contributed by atoms with Crippen LogP contribution in [0, 0.1) is 11.8 Å². The van der Waals surface area contributed by atoms with Gasteiger partial charge in [0.2, 0.25) is 0 Å². The van der Waals surface area contributed by atoms with Crippen LogP contribution in [0.5, 0.6) is 0 Å². The van der Waals surface area contributed by atoms with Crippen molar-refractivity contribution in [1.82, 2.24) is 10.6 Å². The lowest BCUT2D eigenvalue weighted by Gasteiger charge is -2.16. The van der Waals surface area contributed by atoms with Crippen LogP contribution in [0.1, 0.15) is 37.3 Å². The summed E-state index contributed by atoms with van der Waals surface area (Å²) in [5, 5.41) is 7.16. The Labute approximate surface area is 164 Å². The van der Waals surface area contributed by atoms with Crippen molar-refractivity contribution < 1.29 is 13.2 Å². The van der Waals surface area contributed by atoms with Gasteiger partial charge < -0.3 is 10.6 Å². The molecular weight excluding hydrogens is 361 g/mol. The summed E-state index contributed by atoms with van der Waals surface area (Å²) in [6.07, 6.45) is 7.06. The summed E-state index contributed by atoms with van der Waals surface area (Å²) < 4.78 is 39.0. The zero-order valence-corrected chi connectivity index (χ0v) is 16.1. The summed E-state index contributed by atoms with van der Waals surface area (Å²) in [5.74, 6) is 1.14. The van der Waals surface area contributed by atoms with E-state index in [0.29, 0.717) is 29.5 Å². The Morgan fingerprint density at radius 3 is 2.82 bits per heavy atom. The van der Waals surface area contributed by atoms with E-state index in [1.165, 1.54) is 30.5 Å². The molecule has 0 bridgehead atoms. The maximum absolute atomic E-state index is 13.0. The van der Waals surface area contributed by atoms with Gasteiger partial charge in [0.25, 0.3) is 0 Å². The molecule has 4 atom stereocenters. The van der Waals surface area contributed by atoms with E-state index in [9.17, 15) is 13.2 Å². The molecule has 2 nitrogen and oxygen atoms in total. The van der Waals surface area contributed by atoms with Gasteiger partial charge in [-0.1, -0.05) is 48.9 Å². The molecule has 28 heavy (non-hydrogen) atoms. The molecule has 2 fully saturated rings. The monoisotopic (exact) mass is 388 g/mol. The van der Waals surface area contributed by atoms with Gasteiger partial charge in [-0.15, -0.1) is 0 Å². The fourth-order valence-corrected chi connectivity index (χ4v) is 4.38. The van der Waals surface area contributed by atoms with E-state index in [1.54, 1.807) is 6.07 Å². The number of alkyl halides is 3. The molecule has 2 N–H and O–H groups in total. The molecule has 0 radical (unpaired) electrons. The van der Waals surface area contributed by atoms with Crippen molar-refractivity contribution in [3.05, 3.63) is 65.3 Å². The fraction of sp³-hybridized carbons (Fsp3) is 0.478. The molecule has 1 aromatic rings. The van der Waals surface area contributed by atoms with Crippen LogP contribution in [0.4, 0.5) is 13.2 Å². The average Bonchev–Trinajstić information content (AvgIpc) is 3.32. The van der Waals surface area contributed by atoms with Gasteiger partial charge in [-0.05, 0) is 60.9 Å². The number of hydrogen-bond acceptors (Lipinski definition) is 2. The minimum absolute atomic E-state index is 0.480. The Bertz CT molecular complexity index is 800. The zero-order chi connectivity index (χ0) is 19.7. The topological polar surface area (TPSA) is 24.1 Å². The second-order valence-electron chi connectivity index (χ2n) is 8.20. The van der Waals surface area contributed by atoms with E-state index in [-0.39, 0.29) is 0 Å². The normalized spacial score (nSPS) is 28.5. The number of rotatable bonds is 5. The highest BCUT2D eigenvalue weighted by Crippen LogP contribution is 2.43. The summed E-state index contributed by atoms with van der Waals surface area (Å²) in [6.45, 7) is 4.44. The van der Waals surface area contributed by atoms with Gasteiger partial charge >= 0.3 is 6.18 Å². The standard InChI is InChI=1S/C23H27F3N2/c1-15(21-13-22(21)28-20-10-11-27-14-20)16-4-2-5-17(9-8-16)18-6-3-7-19(12-18)23(24,25)26/h2-3,5-9,12,15,20-22,27-28H,4,10-11,13-14H2,1H3. The first kappa shape index (κ1) is 19.5. The molecule has 0 aromatic heterocycles. The maximum atomic E-state index is 13.0. The number of nitrogens with one attached hydrogen (secondary N) is 2. The highest BCUT2D eigenvalue weighted by atomic mass is 19.4. The van der Waals surface area contributed by atoms with Crippen molar-refractivity contribution in [2.24, 2.45) is 11.8 Å². The van der Waals surface area contributed by atoms with Crippen LogP contribution in [-0.2, 0) is 6.18 Å². The van der Waals surface area contributed by atoms with Crippen molar-refractivity contribution in [3.63, 3.8) is 0 Å². The van der Waals surface area contributed by atoms with Crippen LogP contribution in [-0.4, -0.2) is 25.2 Å². The first-order valence-corrected chi connectivity index (χ1v) is 10.1. The molecule has 2 aliphatic carbocycles. The molecule has 3 aliphatic rings. The molecule has 1 heterocycles. The first-order chi connectivity index (χ1) is 13.4. The Morgan fingerprint density at radius 2 is 2.07 bits per heavy atom. The molecule has 5 heteroatoms. The first-order valence-electron chi connectivity index (χ1n) is 10.1. The average molecular weight is 388 g/mol. The van der Waals surface area contributed by atoms with Crippen molar-refractivity contribution in [1.29, 1.82) is 0 Å². The maximum Gasteiger partial charge on any atom is 0.416 e. The van der Waals surface area contributed by atoms with Gasteiger partial charge in [-0.25, -0.2) is 0 Å². The number of halogens is 3. The number of benzene rings is 1. The van der Waals surface area contributed by atoms with Gasteiger partial charge in [0, 0.05) is 18.6 Å². The summed E-state index contributed by atoms with van der Waals surface area (Å²) in [4.78, 5) is 0. The highest BCUT2D eigenvalue weighted by Gasteiger charge is 2.43. The van der Waals surface area contributed by atoms with Crippen molar-refractivity contribution in [2.75, 3.05) is 13.1 Å². The molecule has 1 saturated carbocycles. The third-order valence-corrected chi connectivity index (χ3v) is 6.23. The molecule has 1 saturated heterocycles. The lowest BCUT2D eigenvalue weighted by Crippen LogP contribution is -2.34. The van der Waals surface area contributed by atoms with Crippen LogP contribution < -0.4 is 10.6 Å². The molecule has 4 rings (SSSR count).